The van der Waals surface area contributed by atoms with Crippen LogP contribution in [-0.2, 0) is 11.2 Å². The van der Waals surface area contributed by atoms with Gasteiger partial charge >= 0.3 is 12.3 Å². The van der Waals surface area contributed by atoms with Gasteiger partial charge in [-0.15, -0.1) is 0 Å². The zero-order chi connectivity index (χ0) is 22.7. The second-order valence-corrected chi connectivity index (χ2v) is 8.51. The first-order chi connectivity index (χ1) is 15.3. The fourth-order valence-corrected chi connectivity index (χ4v) is 4.60. The van der Waals surface area contributed by atoms with Crippen LogP contribution in [-0.4, -0.2) is 54.9 Å². The first kappa shape index (κ1) is 22.6. The Kier molecular flexibility index (Phi) is 6.69. The van der Waals surface area contributed by atoms with Gasteiger partial charge in [0.1, 0.15) is 5.82 Å². The van der Waals surface area contributed by atoms with Crippen LogP contribution in [0.25, 0.3) is 0 Å². The van der Waals surface area contributed by atoms with E-state index in [1.54, 1.807) is 17.0 Å². The molecular weight excluding hydrogens is 424 g/mol. The maximum Gasteiger partial charge on any atom is 0.410 e. The molecule has 2 aromatic carbocycles. The van der Waals surface area contributed by atoms with Gasteiger partial charge in [-0.25, -0.2) is 9.18 Å². The summed E-state index contributed by atoms with van der Waals surface area (Å²) in [4.78, 5) is 16.1. The smallest absolute Gasteiger partial charge is 0.410 e. The average Bonchev–Trinajstić information content (AvgIpc) is 2.77. The predicted octanol–water partition coefficient (Wildman–Crippen LogP) is 5.18. The molecule has 0 saturated carbocycles. The highest BCUT2D eigenvalue weighted by Crippen LogP contribution is 2.35. The van der Waals surface area contributed by atoms with Gasteiger partial charge in [0.05, 0.1) is 19.2 Å². The van der Waals surface area contributed by atoms with Crippen LogP contribution in [0.5, 0.6) is 0 Å². The van der Waals surface area contributed by atoms with Crippen LogP contribution in [0.1, 0.15) is 35.6 Å². The predicted molar refractivity (Wildman–Crippen MR) is 112 cm³/mol. The fourth-order valence-electron chi connectivity index (χ4n) is 4.60. The van der Waals surface area contributed by atoms with Crippen LogP contribution in [0.4, 0.5) is 22.4 Å². The number of carbonyl (C=O) groups excluding carboxylic acids is 1. The molecule has 4 nitrogen and oxygen atoms in total. The minimum absolute atomic E-state index is 0.0461. The molecule has 0 bridgehead atoms. The standard InChI is InChI=1S/C24H26F4N2O2/c25-20-7-5-19(6-8-20)22-21-4-2-1-3-18(21)11-14-30(22)23(31)32-15-17-9-12-29(13-10-17)16-24(26,27)28/h1-8,17,22H,9-16H2/t22-/m0/s1. The Hall–Kier alpha value is -2.61. The number of alkyl halides is 3. The minimum atomic E-state index is -4.20. The molecule has 0 aromatic heterocycles. The molecule has 0 aliphatic carbocycles. The van der Waals surface area contributed by atoms with E-state index in [-0.39, 0.29) is 24.4 Å². The number of rotatable bonds is 4. The van der Waals surface area contributed by atoms with Crippen LogP contribution < -0.4 is 0 Å². The van der Waals surface area contributed by atoms with E-state index >= 15 is 0 Å². The van der Waals surface area contributed by atoms with Crippen LogP contribution in [0, 0.1) is 11.7 Å². The zero-order valence-corrected chi connectivity index (χ0v) is 17.7. The van der Waals surface area contributed by atoms with Crippen LogP contribution in [0.3, 0.4) is 0 Å². The van der Waals surface area contributed by atoms with Gasteiger partial charge in [-0.3, -0.25) is 9.80 Å². The van der Waals surface area contributed by atoms with Crippen molar-refractivity contribution in [1.29, 1.82) is 0 Å². The maximum absolute atomic E-state index is 13.5. The summed E-state index contributed by atoms with van der Waals surface area (Å²) in [6.45, 7) is 0.453. The Labute approximate surface area is 184 Å². The third kappa shape index (κ3) is 5.41. The molecule has 1 saturated heterocycles. The van der Waals surface area contributed by atoms with Gasteiger partial charge in [0.25, 0.3) is 0 Å². The highest BCUT2D eigenvalue weighted by Gasteiger charge is 2.35. The van der Waals surface area contributed by atoms with Crippen molar-refractivity contribution < 1.29 is 27.1 Å². The van der Waals surface area contributed by atoms with Crippen molar-refractivity contribution in [2.24, 2.45) is 5.92 Å². The Balaban J connectivity index is 1.41. The average molecular weight is 450 g/mol. The second-order valence-electron chi connectivity index (χ2n) is 8.51. The number of likely N-dealkylation sites (tertiary alicyclic amines) is 1. The molecule has 0 spiro atoms. The van der Waals surface area contributed by atoms with Crippen molar-refractivity contribution in [3.63, 3.8) is 0 Å². The molecule has 172 valence electrons. The number of hydrogen-bond donors (Lipinski definition) is 0. The molecule has 1 atom stereocenters. The summed E-state index contributed by atoms with van der Waals surface area (Å²) in [5, 5.41) is 0. The van der Waals surface area contributed by atoms with Crippen LogP contribution in [0.2, 0.25) is 0 Å². The van der Waals surface area contributed by atoms with Crippen molar-refractivity contribution in [2.45, 2.75) is 31.5 Å². The first-order valence-electron chi connectivity index (χ1n) is 10.9. The highest BCUT2D eigenvalue weighted by molar-refractivity contribution is 5.70. The summed E-state index contributed by atoms with van der Waals surface area (Å²) in [6, 6.07) is 13.6. The number of piperidine rings is 1. The van der Waals surface area contributed by atoms with Crippen molar-refractivity contribution >= 4 is 6.09 Å². The lowest BCUT2D eigenvalue weighted by molar-refractivity contribution is -0.148. The van der Waals surface area contributed by atoms with Crippen molar-refractivity contribution in [3.05, 3.63) is 71.0 Å². The molecule has 1 fully saturated rings. The van der Waals surface area contributed by atoms with E-state index in [2.05, 4.69) is 0 Å². The monoisotopic (exact) mass is 450 g/mol. The number of ether oxygens (including phenoxy) is 1. The van der Waals surface area contributed by atoms with Gasteiger partial charge in [-0.1, -0.05) is 36.4 Å². The van der Waals surface area contributed by atoms with E-state index in [9.17, 15) is 22.4 Å². The summed E-state index contributed by atoms with van der Waals surface area (Å²) >= 11 is 0. The number of hydrogen-bond acceptors (Lipinski definition) is 3. The molecule has 2 aliphatic heterocycles. The Morgan fingerprint density at radius 3 is 2.38 bits per heavy atom. The van der Waals surface area contributed by atoms with E-state index < -0.39 is 18.8 Å². The van der Waals surface area contributed by atoms with E-state index in [0.717, 1.165) is 16.7 Å². The van der Waals surface area contributed by atoms with Gasteiger partial charge < -0.3 is 4.74 Å². The minimum Gasteiger partial charge on any atom is -0.449 e. The SMILES string of the molecule is O=C(OCC1CCN(CC(F)(F)F)CC1)N1CCc2ccccc2[C@@H]1c1ccc(F)cc1. The van der Waals surface area contributed by atoms with Crippen molar-refractivity contribution in [2.75, 3.05) is 32.8 Å². The summed E-state index contributed by atoms with van der Waals surface area (Å²) in [6.07, 6.45) is -2.83. The van der Waals surface area contributed by atoms with E-state index in [1.807, 2.05) is 24.3 Å². The Morgan fingerprint density at radius 1 is 1.00 bits per heavy atom. The molecule has 0 unspecified atom stereocenters. The first-order valence-corrected chi connectivity index (χ1v) is 10.9. The third-order valence-corrected chi connectivity index (χ3v) is 6.26. The Morgan fingerprint density at radius 2 is 1.69 bits per heavy atom. The molecule has 32 heavy (non-hydrogen) atoms. The lowest BCUT2D eigenvalue weighted by Gasteiger charge is -2.37. The molecule has 1 amide bonds. The fraction of sp³-hybridized carbons (Fsp3) is 0.458. The molecule has 2 aliphatic rings. The zero-order valence-electron chi connectivity index (χ0n) is 17.7. The van der Waals surface area contributed by atoms with E-state index in [1.165, 1.54) is 17.0 Å². The van der Waals surface area contributed by atoms with Gasteiger partial charge in [0, 0.05) is 6.54 Å². The quantitative estimate of drug-likeness (QED) is 0.602. The molecule has 2 heterocycles. The third-order valence-electron chi connectivity index (χ3n) is 6.26. The topological polar surface area (TPSA) is 32.8 Å². The summed E-state index contributed by atoms with van der Waals surface area (Å²) < 4.78 is 56.8. The number of halogens is 4. The van der Waals surface area contributed by atoms with Crippen LogP contribution in [0.15, 0.2) is 48.5 Å². The Bertz CT molecular complexity index is 924. The van der Waals surface area contributed by atoms with Crippen LogP contribution >= 0.6 is 0 Å². The summed E-state index contributed by atoms with van der Waals surface area (Å²) in [5.74, 6) is -0.298. The number of fused-ring (bicyclic) bond motifs is 1. The van der Waals surface area contributed by atoms with Crippen molar-refractivity contribution in [3.8, 4) is 0 Å². The lowest BCUT2D eigenvalue weighted by Crippen LogP contribution is -2.43. The van der Waals surface area contributed by atoms with E-state index in [0.29, 0.717) is 38.9 Å². The molecule has 0 radical (unpaired) electrons. The molecule has 4 rings (SSSR count). The maximum atomic E-state index is 13.5. The highest BCUT2D eigenvalue weighted by atomic mass is 19.4. The van der Waals surface area contributed by atoms with Gasteiger partial charge in [-0.2, -0.15) is 13.2 Å². The molecule has 0 N–H and O–H groups in total. The van der Waals surface area contributed by atoms with Gasteiger partial charge in [-0.05, 0) is 67.1 Å². The van der Waals surface area contributed by atoms with Crippen molar-refractivity contribution in [1.82, 2.24) is 9.80 Å². The molecule has 2 aromatic rings. The number of carbonyl (C=O) groups is 1. The summed E-state index contributed by atoms with van der Waals surface area (Å²) in [7, 11) is 0. The largest absolute Gasteiger partial charge is 0.449 e. The van der Waals surface area contributed by atoms with Gasteiger partial charge in [0.2, 0.25) is 0 Å². The second kappa shape index (κ2) is 9.48. The molecular formula is C24H26F4N2O2. The lowest BCUT2D eigenvalue weighted by atomic mass is 9.88. The normalized spacial score (nSPS) is 20.1. The number of benzene rings is 2. The number of nitrogens with zero attached hydrogens (tertiary/aromatic N) is 2. The molecule has 8 heteroatoms. The van der Waals surface area contributed by atoms with Gasteiger partial charge in [0.15, 0.2) is 0 Å². The van der Waals surface area contributed by atoms with E-state index in [4.69, 9.17) is 4.74 Å². The summed E-state index contributed by atoms with van der Waals surface area (Å²) in [5.41, 5.74) is 2.93. The number of amides is 1.